The van der Waals surface area contributed by atoms with Gasteiger partial charge in [-0.15, -0.1) is 0 Å². The van der Waals surface area contributed by atoms with Crippen LogP contribution in [0.2, 0.25) is 0 Å². The molecule has 0 saturated heterocycles. The third kappa shape index (κ3) is 8.93. The van der Waals surface area contributed by atoms with Gasteiger partial charge in [0, 0.05) is 12.1 Å². The van der Waals surface area contributed by atoms with Gasteiger partial charge in [-0.3, -0.25) is 0 Å². The first kappa shape index (κ1) is 15.7. The van der Waals surface area contributed by atoms with E-state index in [2.05, 4.69) is 26.0 Å². The van der Waals surface area contributed by atoms with E-state index < -0.39 is 0 Å². The van der Waals surface area contributed by atoms with E-state index >= 15 is 0 Å². The van der Waals surface area contributed by atoms with Gasteiger partial charge in [0.15, 0.2) is 0 Å². The Labute approximate surface area is 101 Å². The molecule has 0 fully saturated rings. The Bertz CT molecular complexity index is 176. The fraction of sp³-hybridized carbons (Fsp3) is 0.857. The van der Waals surface area contributed by atoms with Gasteiger partial charge >= 0.3 is 0 Å². The standard InChI is InChI=1S/C14H30N2/c1-4-6-7-13(5-2)9-11-14(16)10-8-12(3)15/h9,11-14H,4-8,10,15-16H2,1-3H3. The summed E-state index contributed by atoms with van der Waals surface area (Å²) in [6, 6.07) is 0.447. The van der Waals surface area contributed by atoms with Crippen molar-refractivity contribution in [2.24, 2.45) is 17.4 Å². The normalized spacial score (nSPS) is 17.6. The lowest BCUT2D eigenvalue weighted by molar-refractivity contribution is 0.534. The Morgan fingerprint density at radius 2 is 1.69 bits per heavy atom. The first-order valence-corrected chi connectivity index (χ1v) is 6.79. The van der Waals surface area contributed by atoms with Crippen LogP contribution >= 0.6 is 0 Å². The van der Waals surface area contributed by atoms with Gasteiger partial charge in [-0.2, -0.15) is 0 Å². The number of rotatable bonds is 9. The van der Waals surface area contributed by atoms with E-state index in [4.69, 9.17) is 11.5 Å². The van der Waals surface area contributed by atoms with E-state index in [9.17, 15) is 0 Å². The van der Waals surface area contributed by atoms with Crippen molar-refractivity contribution in [3.05, 3.63) is 12.2 Å². The fourth-order valence-electron chi connectivity index (χ4n) is 1.75. The minimum atomic E-state index is 0.182. The summed E-state index contributed by atoms with van der Waals surface area (Å²) in [6.45, 7) is 6.52. The van der Waals surface area contributed by atoms with Gasteiger partial charge in [0.2, 0.25) is 0 Å². The summed E-state index contributed by atoms with van der Waals surface area (Å²) in [5, 5.41) is 0. The second kappa shape index (κ2) is 9.86. The van der Waals surface area contributed by atoms with Crippen LogP contribution in [-0.4, -0.2) is 12.1 Å². The highest BCUT2D eigenvalue weighted by atomic mass is 14.6. The molecule has 0 aromatic heterocycles. The van der Waals surface area contributed by atoms with Crippen molar-refractivity contribution in [1.82, 2.24) is 0 Å². The lowest BCUT2D eigenvalue weighted by atomic mass is 9.97. The van der Waals surface area contributed by atoms with Crippen molar-refractivity contribution in [3.8, 4) is 0 Å². The maximum Gasteiger partial charge on any atom is 0.0224 e. The summed E-state index contributed by atoms with van der Waals surface area (Å²) in [5.41, 5.74) is 11.7. The van der Waals surface area contributed by atoms with E-state index in [1.165, 1.54) is 25.7 Å². The van der Waals surface area contributed by atoms with Gasteiger partial charge in [-0.1, -0.05) is 38.8 Å². The average molecular weight is 226 g/mol. The molecule has 0 amide bonds. The molecule has 16 heavy (non-hydrogen) atoms. The molecule has 0 aromatic carbocycles. The average Bonchev–Trinajstić information content (AvgIpc) is 2.26. The van der Waals surface area contributed by atoms with E-state index in [1.807, 2.05) is 6.92 Å². The van der Waals surface area contributed by atoms with E-state index in [-0.39, 0.29) is 12.1 Å². The summed E-state index contributed by atoms with van der Waals surface area (Å²) in [5.74, 6) is 0.710. The molecule has 0 aliphatic rings. The fourth-order valence-corrected chi connectivity index (χ4v) is 1.75. The Kier molecular flexibility index (Phi) is 9.65. The number of hydrogen-bond acceptors (Lipinski definition) is 2. The number of hydrogen-bond donors (Lipinski definition) is 2. The minimum absolute atomic E-state index is 0.182. The largest absolute Gasteiger partial charge is 0.328 e. The maximum atomic E-state index is 6.01. The number of nitrogens with two attached hydrogens (primary N) is 2. The Morgan fingerprint density at radius 3 is 2.19 bits per heavy atom. The van der Waals surface area contributed by atoms with Crippen LogP contribution in [0.5, 0.6) is 0 Å². The molecule has 4 N–H and O–H groups in total. The molecule has 2 nitrogen and oxygen atoms in total. The lowest BCUT2D eigenvalue weighted by Gasteiger charge is -2.12. The first-order valence-electron chi connectivity index (χ1n) is 6.79. The van der Waals surface area contributed by atoms with E-state index in [1.54, 1.807) is 0 Å². The van der Waals surface area contributed by atoms with Crippen molar-refractivity contribution in [2.75, 3.05) is 0 Å². The Morgan fingerprint density at radius 1 is 1.00 bits per heavy atom. The van der Waals surface area contributed by atoms with Crippen LogP contribution in [0, 0.1) is 5.92 Å². The second-order valence-corrected chi connectivity index (χ2v) is 4.91. The van der Waals surface area contributed by atoms with Crippen LogP contribution in [0.25, 0.3) is 0 Å². The minimum Gasteiger partial charge on any atom is -0.328 e. The van der Waals surface area contributed by atoms with Crippen LogP contribution in [0.4, 0.5) is 0 Å². The Balaban J connectivity index is 3.83. The van der Waals surface area contributed by atoms with Crippen molar-refractivity contribution in [1.29, 1.82) is 0 Å². The van der Waals surface area contributed by atoms with Gasteiger partial charge in [0.25, 0.3) is 0 Å². The van der Waals surface area contributed by atoms with Gasteiger partial charge in [-0.05, 0) is 38.5 Å². The third-order valence-corrected chi connectivity index (χ3v) is 3.04. The first-order chi connectivity index (χ1) is 7.60. The smallest absolute Gasteiger partial charge is 0.0224 e. The van der Waals surface area contributed by atoms with Crippen molar-refractivity contribution >= 4 is 0 Å². The molecule has 0 aliphatic carbocycles. The highest BCUT2D eigenvalue weighted by Gasteiger charge is 2.03. The molecule has 0 bridgehead atoms. The second-order valence-electron chi connectivity index (χ2n) is 4.91. The predicted molar refractivity (Wildman–Crippen MR) is 73.3 cm³/mol. The SMILES string of the molecule is CCCCC(C=CC(N)CCC(C)N)CC. The van der Waals surface area contributed by atoms with Gasteiger partial charge in [0.05, 0.1) is 0 Å². The molecule has 2 heteroatoms. The third-order valence-electron chi connectivity index (χ3n) is 3.04. The topological polar surface area (TPSA) is 52.0 Å². The molecule has 3 unspecified atom stereocenters. The van der Waals surface area contributed by atoms with Crippen LogP contribution in [0.3, 0.4) is 0 Å². The molecular weight excluding hydrogens is 196 g/mol. The monoisotopic (exact) mass is 226 g/mol. The molecule has 0 aromatic rings. The summed E-state index contributed by atoms with van der Waals surface area (Å²) < 4.78 is 0. The number of allylic oxidation sites excluding steroid dienone is 1. The zero-order valence-electron chi connectivity index (χ0n) is 11.3. The van der Waals surface area contributed by atoms with Crippen molar-refractivity contribution in [3.63, 3.8) is 0 Å². The molecule has 3 atom stereocenters. The Hall–Kier alpha value is -0.340. The van der Waals surface area contributed by atoms with Crippen LogP contribution in [0.15, 0.2) is 12.2 Å². The van der Waals surface area contributed by atoms with Gasteiger partial charge < -0.3 is 11.5 Å². The summed E-state index contributed by atoms with van der Waals surface area (Å²) in [4.78, 5) is 0. The molecule has 0 saturated carbocycles. The van der Waals surface area contributed by atoms with Gasteiger partial charge in [-0.25, -0.2) is 0 Å². The number of unbranched alkanes of at least 4 members (excludes halogenated alkanes) is 1. The van der Waals surface area contributed by atoms with E-state index in [0.717, 1.165) is 12.8 Å². The molecular formula is C14H30N2. The summed E-state index contributed by atoms with van der Waals surface area (Å²) >= 11 is 0. The van der Waals surface area contributed by atoms with Gasteiger partial charge in [0.1, 0.15) is 0 Å². The maximum absolute atomic E-state index is 6.01. The zero-order chi connectivity index (χ0) is 12.4. The van der Waals surface area contributed by atoms with Crippen LogP contribution in [0.1, 0.15) is 59.3 Å². The highest BCUT2D eigenvalue weighted by Crippen LogP contribution is 2.14. The van der Waals surface area contributed by atoms with Crippen molar-refractivity contribution < 1.29 is 0 Å². The molecule has 0 radical (unpaired) electrons. The molecule has 96 valence electrons. The van der Waals surface area contributed by atoms with Crippen molar-refractivity contribution in [2.45, 2.75) is 71.4 Å². The predicted octanol–water partition coefficient (Wildman–Crippen LogP) is 3.21. The molecule has 0 aliphatic heterocycles. The molecule has 0 spiro atoms. The quantitative estimate of drug-likeness (QED) is 0.593. The highest BCUT2D eigenvalue weighted by molar-refractivity contribution is 4.95. The summed E-state index contributed by atoms with van der Waals surface area (Å²) in [7, 11) is 0. The molecule has 0 rings (SSSR count). The van der Waals surface area contributed by atoms with E-state index in [0.29, 0.717) is 5.92 Å². The summed E-state index contributed by atoms with van der Waals surface area (Å²) in [6.07, 6.45) is 11.6. The lowest BCUT2D eigenvalue weighted by Crippen LogP contribution is -2.22. The zero-order valence-corrected chi connectivity index (χ0v) is 11.3. The van der Waals surface area contributed by atoms with Crippen LogP contribution in [-0.2, 0) is 0 Å². The van der Waals surface area contributed by atoms with Crippen LogP contribution < -0.4 is 11.5 Å². The molecule has 0 heterocycles.